The van der Waals surface area contributed by atoms with Gasteiger partial charge < -0.3 is 4.74 Å². The highest BCUT2D eigenvalue weighted by molar-refractivity contribution is 7.99. The average Bonchev–Trinajstić information content (AvgIpc) is 2.70. The van der Waals surface area contributed by atoms with Crippen molar-refractivity contribution in [2.75, 3.05) is 18.9 Å². The van der Waals surface area contributed by atoms with Gasteiger partial charge in [0.05, 0.1) is 13.2 Å². The van der Waals surface area contributed by atoms with Crippen molar-refractivity contribution in [3.63, 3.8) is 0 Å². The van der Waals surface area contributed by atoms with Crippen LogP contribution in [0.2, 0.25) is 0 Å². The van der Waals surface area contributed by atoms with Crippen LogP contribution in [0.3, 0.4) is 0 Å². The Hall–Kier alpha value is -1.00. The van der Waals surface area contributed by atoms with Gasteiger partial charge in [-0.25, -0.2) is 0 Å². The molecule has 0 aliphatic carbocycles. The summed E-state index contributed by atoms with van der Waals surface area (Å²) in [5, 5.41) is 3.23. The highest BCUT2D eigenvalue weighted by Gasteiger charge is 2.22. The number of rotatable bonds is 4. The molecule has 0 amide bonds. The third kappa shape index (κ3) is 2.57. The fourth-order valence-electron chi connectivity index (χ4n) is 1.75. The Bertz CT molecular complexity index is 381. The van der Waals surface area contributed by atoms with Gasteiger partial charge in [0.15, 0.2) is 0 Å². The molecule has 1 N–H and O–H groups in total. The third-order valence-electron chi connectivity index (χ3n) is 2.50. The Kier molecular flexibility index (Phi) is 3.85. The molecule has 16 heavy (non-hydrogen) atoms. The molecule has 0 aromatic heterocycles. The molecule has 1 aliphatic rings. The first-order valence-electron chi connectivity index (χ1n) is 5.42. The molecular formula is C12H15NO2S. The van der Waals surface area contributed by atoms with Crippen LogP contribution in [-0.4, -0.2) is 24.9 Å². The highest BCUT2D eigenvalue weighted by atomic mass is 32.2. The predicted molar refractivity (Wildman–Crippen MR) is 64.5 cm³/mol. The molecule has 1 heterocycles. The van der Waals surface area contributed by atoms with Crippen LogP contribution in [0.1, 0.15) is 18.5 Å². The highest BCUT2D eigenvalue weighted by Crippen LogP contribution is 2.37. The maximum Gasteiger partial charge on any atom is 0.319 e. The SMILES string of the molecule is CCOC(=O)CNC1CSc2ccccc21. The predicted octanol–water partition coefficient (Wildman–Crippen LogP) is 1.99. The molecule has 1 aromatic rings. The number of benzene rings is 1. The van der Waals surface area contributed by atoms with E-state index in [0.29, 0.717) is 6.61 Å². The molecular weight excluding hydrogens is 222 g/mol. The second-order valence-corrected chi connectivity index (χ2v) is 4.65. The van der Waals surface area contributed by atoms with Crippen molar-refractivity contribution in [1.29, 1.82) is 0 Å². The van der Waals surface area contributed by atoms with Crippen molar-refractivity contribution >= 4 is 17.7 Å². The fourth-order valence-corrected chi connectivity index (χ4v) is 2.95. The van der Waals surface area contributed by atoms with Gasteiger partial charge in [-0.05, 0) is 18.6 Å². The van der Waals surface area contributed by atoms with Crippen LogP contribution >= 0.6 is 11.8 Å². The van der Waals surface area contributed by atoms with Gasteiger partial charge in [0.25, 0.3) is 0 Å². The molecule has 1 aliphatic heterocycles. The minimum Gasteiger partial charge on any atom is -0.465 e. The van der Waals surface area contributed by atoms with E-state index in [2.05, 4.69) is 17.4 Å². The largest absolute Gasteiger partial charge is 0.465 e. The molecule has 2 rings (SSSR count). The number of carbonyl (C=O) groups excluding carboxylic acids is 1. The number of esters is 1. The lowest BCUT2D eigenvalue weighted by molar-refractivity contribution is -0.142. The maximum absolute atomic E-state index is 11.2. The van der Waals surface area contributed by atoms with Gasteiger partial charge in [-0.15, -0.1) is 11.8 Å². The Morgan fingerprint density at radius 1 is 1.56 bits per heavy atom. The van der Waals surface area contributed by atoms with Gasteiger partial charge in [0.1, 0.15) is 0 Å². The van der Waals surface area contributed by atoms with E-state index in [4.69, 9.17) is 4.74 Å². The van der Waals surface area contributed by atoms with Gasteiger partial charge >= 0.3 is 5.97 Å². The third-order valence-corrected chi connectivity index (χ3v) is 3.68. The molecule has 3 nitrogen and oxygen atoms in total. The summed E-state index contributed by atoms with van der Waals surface area (Å²) in [5.41, 5.74) is 1.29. The Labute approximate surface area is 99.6 Å². The van der Waals surface area contributed by atoms with E-state index in [9.17, 15) is 4.79 Å². The van der Waals surface area contributed by atoms with Crippen LogP contribution in [-0.2, 0) is 9.53 Å². The Balaban J connectivity index is 1.91. The zero-order chi connectivity index (χ0) is 11.4. The van der Waals surface area contributed by atoms with Crippen molar-refractivity contribution in [1.82, 2.24) is 5.32 Å². The summed E-state index contributed by atoms with van der Waals surface area (Å²) in [4.78, 5) is 12.5. The van der Waals surface area contributed by atoms with Gasteiger partial charge in [0.2, 0.25) is 0 Å². The molecule has 0 fully saturated rings. The molecule has 1 unspecified atom stereocenters. The first-order chi connectivity index (χ1) is 7.81. The normalized spacial score (nSPS) is 18.2. The van der Waals surface area contributed by atoms with Crippen LogP contribution in [0.4, 0.5) is 0 Å². The number of carbonyl (C=O) groups is 1. The first kappa shape index (κ1) is 11.5. The van der Waals surface area contributed by atoms with Crippen LogP contribution in [0.25, 0.3) is 0 Å². The molecule has 0 bridgehead atoms. The van der Waals surface area contributed by atoms with E-state index in [1.54, 1.807) is 0 Å². The smallest absolute Gasteiger partial charge is 0.319 e. The summed E-state index contributed by atoms with van der Waals surface area (Å²) in [7, 11) is 0. The second kappa shape index (κ2) is 5.37. The van der Waals surface area contributed by atoms with E-state index >= 15 is 0 Å². The first-order valence-corrected chi connectivity index (χ1v) is 6.40. The van der Waals surface area contributed by atoms with Crippen molar-refractivity contribution < 1.29 is 9.53 Å². The summed E-state index contributed by atoms with van der Waals surface area (Å²) >= 11 is 1.83. The summed E-state index contributed by atoms with van der Waals surface area (Å²) in [6.07, 6.45) is 0. The molecule has 86 valence electrons. The van der Waals surface area contributed by atoms with Crippen LogP contribution in [0.15, 0.2) is 29.2 Å². The fraction of sp³-hybridized carbons (Fsp3) is 0.417. The van der Waals surface area contributed by atoms with Crippen LogP contribution in [0, 0.1) is 0 Å². The van der Waals surface area contributed by atoms with E-state index in [1.807, 2.05) is 30.8 Å². The van der Waals surface area contributed by atoms with E-state index in [0.717, 1.165) is 5.75 Å². The minimum absolute atomic E-state index is 0.183. The number of ether oxygens (including phenoxy) is 1. The molecule has 1 atom stereocenters. The number of nitrogens with one attached hydrogen (secondary N) is 1. The van der Waals surface area contributed by atoms with Crippen molar-refractivity contribution in [3.05, 3.63) is 29.8 Å². The summed E-state index contributed by atoms with van der Waals surface area (Å²) in [6, 6.07) is 8.57. The second-order valence-electron chi connectivity index (χ2n) is 3.59. The van der Waals surface area contributed by atoms with Crippen molar-refractivity contribution in [2.45, 2.75) is 17.9 Å². The van der Waals surface area contributed by atoms with Crippen molar-refractivity contribution in [3.8, 4) is 0 Å². The molecule has 1 aromatic carbocycles. The number of hydrogen-bond acceptors (Lipinski definition) is 4. The van der Waals surface area contributed by atoms with Gasteiger partial charge in [0, 0.05) is 16.7 Å². The number of hydrogen-bond donors (Lipinski definition) is 1. The standard InChI is InChI=1S/C12H15NO2S/c1-2-15-12(14)7-13-10-8-16-11-6-4-3-5-9(10)11/h3-6,10,13H,2,7-8H2,1H3. The molecule has 0 saturated carbocycles. The van der Waals surface area contributed by atoms with Gasteiger partial charge in [-0.2, -0.15) is 0 Å². The van der Waals surface area contributed by atoms with Gasteiger partial charge in [-0.1, -0.05) is 18.2 Å². The van der Waals surface area contributed by atoms with Crippen molar-refractivity contribution in [2.24, 2.45) is 0 Å². The monoisotopic (exact) mass is 237 g/mol. The summed E-state index contributed by atoms with van der Waals surface area (Å²) in [6.45, 7) is 2.54. The van der Waals surface area contributed by atoms with E-state index in [-0.39, 0.29) is 18.6 Å². The lowest BCUT2D eigenvalue weighted by Crippen LogP contribution is -2.28. The topological polar surface area (TPSA) is 38.3 Å². The molecule has 0 saturated heterocycles. The lowest BCUT2D eigenvalue weighted by Gasteiger charge is -2.12. The Morgan fingerprint density at radius 2 is 2.38 bits per heavy atom. The molecule has 0 spiro atoms. The van der Waals surface area contributed by atoms with Crippen LogP contribution in [0.5, 0.6) is 0 Å². The van der Waals surface area contributed by atoms with E-state index < -0.39 is 0 Å². The Morgan fingerprint density at radius 3 is 3.19 bits per heavy atom. The minimum atomic E-state index is -0.183. The van der Waals surface area contributed by atoms with Crippen LogP contribution < -0.4 is 5.32 Å². The van der Waals surface area contributed by atoms with Gasteiger partial charge in [-0.3, -0.25) is 10.1 Å². The molecule has 0 radical (unpaired) electrons. The summed E-state index contributed by atoms with van der Waals surface area (Å²) in [5.74, 6) is 0.801. The maximum atomic E-state index is 11.2. The molecule has 4 heteroatoms. The zero-order valence-corrected chi connectivity index (χ0v) is 10.0. The number of fused-ring (bicyclic) bond motifs is 1. The van der Waals surface area contributed by atoms with E-state index in [1.165, 1.54) is 10.5 Å². The number of thioether (sulfide) groups is 1. The zero-order valence-electron chi connectivity index (χ0n) is 9.23. The quantitative estimate of drug-likeness (QED) is 0.813. The lowest BCUT2D eigenvalue weighted by atomic mass is 10.1. The summed E-state index contributed by atoms with van der Waals surface area (Å²) < 4.78 is 4.88. The average molecular weight is 237 g/mol.